The molecule has 1 aliphatic heterocycles. The Balaban J connectivity index is 1.41. The number of para-hydroxylation sites is 2. The number of aromatic nitrogens is 2. The van der Waals surface area contributed by atoms with Gasteiger partial charge in [0.15, 0.2) is 11.7 Å². The van der Waals surface area contributed by atoms with Crippen LogP contribution in [0.15, 0.2) is 84.9 Å². The molecule has 0 aliphatic carbocycles. The second kappa shape index (κ2) is 13.2. The molecule has 0 saturated carbocycles. The summed E-state index contributed by atoms with van der Waals surface area (Å²) in [6.45, 7) is 3.95. The number of nitrogens with zero attached hydrogens (tertiary/aromatic N) is 5. The number of carbonyl (C=O) groups excluding carboxylic acids is 1. The zero-order valence-corrected chi connectivity index (χ0v) is 22.7. The third-order valence-corrected chi connectivity index (χ3v) is 7.28. The Kier molecular flexibility index (Phi) is 8.96. The molecule has 2 heterocycles. The first-order valence-electron chi connectivity index (χ1n) is 13.7. The van der Waals surface area contributed by atoms with Crippen molar-refractivity contribution in [2.24, 2.45) is 0 Å². The number of methoxy groups -OCH3 is 1. The molecule has 1 aliphatic rings. The first-order valence-corrected chi connectivity index (χ1v) is 13.7. The van der Waals surface area contributed by atoms with Crippen LogP contribution in [0.1, 0.15) is 35.2 Å². The second-order valence-electron chi connectivity index (χ2n) is 9.87. The van der Waals surface area contributed by atoms with E-state index in [0.29, 0.717) is 49.7 Å². The van der Waals surface area contributed by atoms with Gasteiger partial charge in [-0.1, -0.05) is 72.8 Å². The summed E-state index contributed by atoms with van der Waals surface area (Å²) in [4.78, 5) is 27.5. The van der Waals surface area contributed by atoms with Crippen molar-refractivity contribution in [3.63, 3.8) is 0 Å². The third-order valence-electron chi connectivity index (χ3n) is 7.28. The van der Waals surface area contributed by atoms with Gasteiger partial charge in [0.1, 0.15) is 5.69 Å². The molecule has 1 atom stereocenters. The highest BCUT2D eigenvalue weighted by Crippen LogP contribution is 2.32. The summed E-state index contributed by atoms with van der Waals surface area (Å²) in [5, 5.41) is 13.0. The van der Waals surface area contributed by atoms with E-state index >= 15 is 0 Å². The fourth-order valence-electron chi connectivity index (χ4n) is 5.28. The maximum atomic E-state index is 13.1. The standard InChI is InChI=1S/C32H34N6O2/c1-40-22-10-17-34-32(39)26(23-33)29-31(36-28-16-9-8-15-27(28)35-29)38-20-18-37(19-21-38)30(24-11-4-2-5-12-24)25-13-6-3-7-14-25/h2-9,11-16,26,30H,10,17-22H2,1H3,(H,34,39)/t26-/m0/s1. The zero-order chi connectivity index (χ0) is 27.7. The maximum Gasteiger partial charge on any atom is 0.243 e. The Bertz CT molecular complexity index is 1410. The van der Waals surface area contributed by atoms with E-state index in [-0.39, 0.29) is 11.9 Å². The summed E-state index contributed by atoms with van der Waals surface area (Å²) < 4.78 is 5.07. The van der Waals surface area contributed by atoms with E-state index in [4.69, 9.17) is 14.7 Å². The van der Waals surface area contributed by atoms with E-state index in [1.807, 2.05) is 36.4 Å². The fourth-order valence-corrected chi connectivity index (χ4v) is 5.28. The lowest BCUT2D eigenvalue weighted by Crippen LogP contribution is -2.48. The largest absolute Gasteiger partial charge is 0.385 e. The molecule has 8 nitrogen and oxygen atoms in total. The maximum absolute atomic E-state index is 13.1. The SMILES string of the molecule is COCCCNC(=O)[C@@H](C#N)c1nc2ccccc2nc1N1CCN(C(c2ccccc2)c2ccccc2)CC1. The normalized spacial score (nSPS) is 14.7. The van der Waals surface area contributed by atoms with Crippen LogP contribution in [0.2, 0.25) is 0 Å². The van der Waals surface area contributed by atoms with Crippen molar-refractivity contribution in [3.8, 4) is 6.07 Å². The van der Waals surface area contributed by atoms with Crippen LogP contribution in [0.5, 0.6) is 0 Å². The molecular formula is C32H34N6O2. The highest BCUT2D eigenvalue weighted by Gasteiger charge is 2.32. The van der Waals surface area contributed by atoms with Gasteiger partial charge in [-0.05, 0) is 29.7 Å². The van der Waals surface area contributed by atoms with E-state index in [9.17, 15) is 10.1 Å². The van der Waals surface area contributed by atoms with Crippen LogP contribution in [-0.2, 0) is 9.53 Å². The number of benzene rings is 3. The van der Waals surface area contributed by atoms with E-state index in [0.717, 1.165) is 18.6 Å². The number of rotatable bonds is 10. The van der Waals surface area contributed by atoms with E-state index in [1.54, 1.807) is 7.11 Å². The Morgan fingerprint density at radius 3 is 2.05 bits per heavy atom. The Morgan fingerprint density at radius 1 is 0.900 bits per heavy atom. The van der Waals surface area contributed by atoms with Crippen LogP contribution in [0.4, 0.5) is 5.82 Å². The summed E-state index contributed by atoms with van der Waals surface area (Å²) in [5.41, 5.74) is 4.32. The average molecular weight is 535 g/mol. The number of carbonyl (C=O) groups is 1. The van der Waals surface area contributed by atoms with Crippen molar-refractivity contribution in [2.75, 3.05) is 51.3 Å². The van der Waals surface area contributed by atoms with Crippen LogP contribution in [0.25, 0.3) is 11.0 Å². The Labute approximate surface area is 235 Å². The number of fused-ring (bicyclic) bond motifs is 1. The highest BCUT2D eigenvalue weighted by atomic mass is 16.5. The fraction of sp³-hybridized carbons (Fsp3) is 0.312. The van der Waals surface area contributed by atoms with Gasteiger partial charge in [-0.2, -0.15) is 5.26 Å². The van der Waals surface area contributed by atoms with Crippen LogP contribution < -0.4 is 10.2 Å². The van der Waals surface area contributed by atoms with Crippen LogP contribution >= 0.6 is 0 Å². The molecule has 1 N–H and O–H groups in total. The summed E-state index contributed by atoms with van der Waals surface area (Å²) in [6, 6.07) is 31.1. The molecule has 0 spiro atoms. The van der Waals surface area contributed by atoms with Crippen molar-refractivity contribution < 1.29 is 9.53 Å². The number of hydrogen-bond donors (Lipinski definition) is 1. The summed E-state index contributed by atoms with van der Waals surface area (Å²) in [7, 11) is 1.62. The molecule has 1 fully saturated rings. The minimum absolute atomic E-state index is 0.136. The lowest BCUT2D eigenvalue weighted by molar-refractivity contribution is -0.121. The molecule has 1 saturated heterocycles. The minimum atomic E-state index is -1.06. The van der Waals surface area contributed by atoms with E-state index in [1.165, 1.54) is 11.1 Å². The zero-order valence-electron chi connectivity index (χ0n) is 22.7. The van der Waals surface area contributed by atoms with Gasteiger partial charge in [-0.15, -0.1) is 0 Å². The number of nitriles is 1. The smallest absolute Gasteiger partial charge is 0.243 e. The third kappa shape index (κ3) is 6.12. The number of ether oxygens (including phenoxy) is 1. The van der Waals surface area contributed by atoms with Gasteiger partial charge in [0.25, 0.3) is 0 Å². The van der Waals surface area contributed by atoms with Gasteiger partial charge in [0.2, 0.25) is 5.91 Å². The second-order valence-corrected chi connectivity index (χ2v) is 9.87. The first-order chi connectivity index (χ1) is 19.7. The quantitative estimate of drug-likeness (QED) is 0.303. The summed E-state index contributed by atoms with van der Waals surface area (Å²) in [5.74, 6) is -0.821. The van der Waals surface area contributed by atoms with Crippen molar-refractivity contribution in [3.05, 3.63) is 102 Å². The van der Waals surface area contributed by atoms with E-state index < -0.39 is 5.92 Å². The lowest BCUT2D eigenvalue weighted by Gasteiger charge is -2.40. The number of hydrogen-bond acceptors (Lipinski definition) is 7. The van der Waals surface area contributed by atoms with Gasteiger partial charge in [-0.25, -0.2) is 9.97 Å². The number of anilines is 1. The molecule has 1 aromatic heterocycles. The molecule has 3 aromatic carbocycles. The molecule has 4 aromatic rings. The van der Waals surface area contributed by atoms with Crippen molar-refractivity contribution >= 4 is 22.8 Å². The van der Waals surface area contributed by atoms with E-state index in [2.05, 4.69) is 69.7 Å². The molecule has 0 radical (unpaired) electrons. The van der Waals surface area contributed by atoms with Crippen LogP contribution in [0.3, 0.4) is 0 Å². The van der Waals surface area contributed by atoms with Crippen LogP contribution in [0, 0.1) is 11.3 Å². The predicted octanol–water partition coefficient (Wildman–Crippen LogP) is 4.30. The monoisotopic (exact) mass is 534 g/mol. The van der Waals surface area contributed by atoms with Gasteiger partial charge < -0.3 is 15.0 Å². The number of amides is 1. The molecular weight excluding hydrogens is 500 g/mol. The highest BCUT2D eigenvalue weighted by molar-refractivity contribution is 5.88. The topological polar surface area (TPSA) is 94.4 Å². The molecule has 1 amide bonds. The number of piperazine rings is 1. The number of nitrogens with one attached hydrogen (secondary N) is 1. The molecule has 204 valence electrons. The molecule has 40 heavy (non-hydrogen) atoms. The Morgan fingerprint density at radius 2 is 1.48 bits per heavy atom. The summed E-state index contributed by atoms with van der Waals surface area (Å²) >= 11 is 0. The average Bonchev–Trinajstić information content (AvgIpc) is 3.01. The van der Waals surface area contributed by atoms with Crippen molar-refractivity contribution in [1.82, 2.24) is 20.2 Å². The minimum Gasteiger partial charge on any atom is -0.385 e. The molecule has 8 heteroatoms. The van der Waals surface area contributed by atoms with Gasteiger partial charge in [0.05, 0.1) is 23.1 Å². The molecule has 5 rings (SSSR count). The molecule has 0 unspecified atom stereocenters. The molecule has 0 bridgehead atoms. The van der Waals surface area contributed by atoms with Gasteiger partial charge >= 0.3 is 0 Å². The van der Waals surface area contributed by atoms with Gasteiger partial charge in [-0.3, -0.25) is 9.69 Å². The Hall–Kier alpha value is -4.32. The van der Waals surface area contributed by atoms with Crippen LogP contribution in [-0.4, -0.2) is 67.2 Å². The summed E-state index contributed by atoms with van der Waals surface area (Å²) in [6.07, 6.45) is 0.669. The van der Waals surface area contributed by atoms with Crippen molar-refractivity contribution in [1.29, 1.82) is 5.26 Å². The van der Waals surface area contributed by atoms with Crippen molar-refractivity contribution in [2.45, 2.75) is 18.4 Å². The predicted molar refractivity (Wildman–Crippen MR) is 156 cm³/mol. The van der Waals surface area contributed by atoms with Gasteiger partial charge in [0, 0.05) is 46.4 Å². The first kappa shape index (κ1) is 27.3. The lowest BCUT2D eigenvalue weighted by atomic mass is 9.96.